The van der Waals surface area contributed by atoms with Gasteiger partial charge in [0, 0.05) is 37.2 Å². The molecular formula is C20H29NO4. The van der Waals surface area contributed by atoms with Crippen LogP contribution in [0.4, 0.5) is 0 Å². The average Bonchev–Trinajstić information content (AvgIpc) is 2.90. The normalized spacial score (nSPS) is 26.8. The first-order valence-corrected chi connectivity index (χ1v) is 8.83. The topological polar surface area (TPSA) is 48.0 Å². The molecular weight excluding hydrogens is 318 g/mol. The number of ether oxygens (including phenoxy) is 3. The summed E-state index contributed by atoms with van der Waals surface area (Å²) in [6.07, 6.45) is 1.47. The largest absolute Gasteiger partial charge is 0.497 e. The van der Waals surface area contributed by atoms with Gasteiger partial charge in [-0.1, -0.05) is 19.9 Å². The van der Waals surface area contributed by atoms with Crippen LogP contribution in [0.25, 0.3) is 0 Å². The van der Waals surface area contributed by atoms with E-state index in [9.17, 15) is 4.79 Å². The number of hydrogen-bond donors (Lipinski definition) is 0. The Labute approximate surface area is 150 Å². The van der Waals surface area contributed by atoms with Crippen molar-refractivity contribution < 1.29 is 19.0 Å². The molecule has 3 rings (SSSR count). The van der Waals surface area contributed by atoms with E-state index >= 15 is 0 Å². The minimum absolute atomic E-state index is 0.137. The van der Waals surface area contributed by atoms with Gasteiger partial charge in [0.2, 0.25) is 5.91 Å². The molecule has 1 aromatic carbocycles. The second-order valence-corrected chi connectivity index (χ2v) is 8.14. The van der Waals surface area contributed by atoms with Gasteiger partial charge in [-0.2, -0.15) is 0 Å². The Morgan fingerprint density at radius 1 is 1.24 bits per heavy atom. The van der Waals surface area contributed by atoms with E-state index in [-0.39, 0.29) is 16.7 Å². The molecule has 5 nitrogen and oxygen atoms in total. The van der Waals surface area contributed by atoms with E-state index < -0.39 is 0 Å². The Morgan fingerprint density at radius 2 is 2.00 bits per heavy atom. The number of amides is 1. The molecule has 0 N–H and O–H groups in total. The molecule has 0 bridgehead atoms. The highest BCUT2D eigenvalue weighted by molar-refractivity contribution is 5.80. The molecule has 0 unspecified atom stereocenters. The third-order valence-corrected chi connectivity index (χ3v) is 6.02. The smallest absolute Gasteiger partial charge is 0.227 e. The zero-order valence-corrected chi connectivity index (χ0v) is 15.9. The van der Waals surface area contributed by atoms with Gasteiger partial charge >= 0.3 is 0 Å². The number of carbonyl (C=O) groups excluding carboxylic acids is 1. The summed E-state index contributed by atoms with van der Waals surface area (Å²) in [5.74, 6) is 2.10. The number of likely N-dealkylation sites (tertiary alicyclic amines) is 1. The molecule has 1 saturated heterocycles. The maximum atomic E-state index is 12.9. The van der Waals surface area contributed by atoms with Gasteiger partial charge in [0.1, 0.15) is 11.5 Å². The molecule has 1 saturated carbocycles. The summed E-state index contributed by atoms with van der Waals surface area (Å²) in [7, 11) is 5.00. The molecule has 1 heterocycles. The van der Waals surface area contributed by atoms with E-state index in [0.717, 1.165) is 37.4 Å². The monoisotopic (exact) mass is 347 g/mol. The third-order valence-electron chi connectivity index (χ3n) is 6.02. The lowest BCUT2D eigenvalue weighted by Gasteiger charge is -2.56. The van der Waals surface area contributed by atoms with Gasteiger partial charge in [-0.25, -0.2) is 0 Å². The van der Waals surface area contributed by atoms with Crippen molar-refractivity contribution in [1.82, 2.24) is 4.90 Å². The summed E-state index contributed by atoms with van der Waals surface area (Å²) in [5.41, 5.74) is 1.32. The van der Waals surface area contributed by atoms with Crippen molar-refractivity contribution in [3.8, 4) is 11.5 Å². The molecule has 5 heteroatoms. The minimum atomic E-state index is 0.137. The fourth-order valence-corrected chi connectivity index (χ4v) is 5.07. The van der Waals surface area contributed by atoms with Crippen LogP contribution >= 0.6 is 0 Å². The lowest BCUT2D eigenvalue weighted by atomic mass is 9.48. The first-order chi connectivity index (χ1) is 11.8. The minimum Gasteiger partial charge on any atom is -0.497 e. The summed E-state index contributed by atoms with van der Waals surface area (Å²) in [6.45, 7) is 6.95. The van der Waals surface area contributed by atoms with Gasteiger partial charge in [0.15, 0.2) is 0 Å². The maximum absolute atomic E-state index is 12.9. The predicted molar refractivity (Wildman–Crippen MR) is 96.0 cm³/mol. The van der Waals surface area contributed by atoms with Crippen molar-refractivity contribution in [2.24, 2.45) is 16.7 Å². The van der Waals surface area contributed by atoms with Crippen molar-refractivity contribution >= 4 is 5.91 Å². The number of carbonyl (C=O) groups is 1. The van der Waals surface area contributed by atoms with Crippen LogP contribution in [0.2, 0.25) is 0 Å². The first kappa shape index (κ1) is 18.1. The average molecular weight is 347 g/mol. The first-order valence-electron chi connectivity index (χ1n) is 8.83. The highest BCUT2D eigenvalue weighted by Gasteiger charge is 2.63. The standard InChI is InChI=1S/C20H29NO4/c1-19(2)11-20(13-23-3)12-21(10-17(19)20)18(22)8-14-6-7-15(24-4)9-16(14)25-5/h6-7,9,17H,8,10-13H2,1-5H3/t17-,20-/m1/s1. The van der Waals surface area contributed by atoms with E-state index in [2.05, 4.69) is 13.8 Å². The molecule has 138 valence electrons. The van der Waals surface area contributed by atoms with Crippen molar-refractivity contribution in [1.29, 1.82) is 0 Å². The SMILES string of the molecule is COC[C@@]12CN(C(=O)Cc3ccc(OC)cc3OC)C[C@@H]1C(C)(C)C2. The lowest BCUT2D eigenvalue weighted by molar-refractivity contribution is -0.130. The molecule has 1 amide bonds. The fourth-order valence-electron chi connectivity index (χ4n) is 5.07. The van der Waals surface area contributed by atoms with E-state index in [1.165, 1.54) is 0 Å². The van der Waals surface area contributed by atoms with Crippen molar-refractivity contribution in [3.63, 3.8) is 0 Å². The van der Waals surface area contributed by atoms with Gasteiger partial charge < -0.3 is 19.1 Å². The van der Waals surface area contributed by atoms with Gasteiger partial charge in [-0.3, -0.25) is 4.79 Å². The zero-order chi connectivity index (χ0) is 18.2. The molecule has 0 spiro atoms. The fraction of sp³-hybridized carbons (Fsp3) is 0.650. The maximum Gasteiger partial charge on any atom is 0.227 e. The molecule has 0 radical (unpaired) electrons. The number of benzene rings is 1. The highest BCUT2D eigenvalue weighted by atomic mass is 16.5. The third kappa shape index (κ3) is 3.10. The molecule has 25 heavy (non-hydrogen) atoms. The van der Waals surface area contributed by atoms with Crippen molar-refractivity contribution in [2.45, 2.75) is 26.7 Å². The number of methoxy groups -OCH3 is 3. The number of hydrogen-bond acceptors (Lipinski definition) is 4. The Kier molecular flexibility index (Phi) is 4.71. The summed E-state index contributed by atoms with van der Waals surface area (Å²) >= 11 is 0. The summed E-state index contributed by atoms with van der Waals surface area (Å²) < 4.78 is 16.1. The van der Waals surface area contributed by atoms with E-state index in [1.807, 2.05) is 23.1 Å². The van der Waals surface area contributed by atoms with Crippen molar-refractivity contribution in [2.75, 3.05) is 41.0 Å². The van der Waals surface area contributed by atoms with Gasteiger partial charge in [-0.15, -0.1) is 0 Å². The molecule has 1 aliphatic heterocycles. The quantitative estimate of drug-likeness (QED) is 0.794. The second kappa shape index (κ2) is 6.52. The molecule has 2 aliphatic rings. The summed E-state index contributed by atoms with van der Waals surface area (Å²) in [5, 5.41) is 0. The number of fused-ring (bicyclic) bond motifs is 1. The van der Waals surface area contributed by atoms with Crippen LogP contribution in [-0.2, 0) is 16.0 Å². The van der Waals surface area contributed by atoms with Gasteiger partial charge in [0.25, 0.3) is 0 Å². The molecule has 0 aromatic heterocycles. The van der Waals surface area contributed by atoms with Crippen LogP contribution in [0.15, 0.2) is 18.2 Å². The highest BCUT2D eigenvalue weighted by Crippen LogP contribution is 2.62. The Balaban J connectivity index is 1.73. The molecule has 2 atom stereocenters. The second-order valence-electron chi connectivity index (χ2n) is 8.14. The zero-order valence-electron chi connectivity index (χ0n) is 15.9. The number of rotatable bonds is 6. The molecule has 2 fully saturated rings. The van der Waals surface area contributed by atoms with E-state index in [0.29, 0.717) is 18.1 Å². The van der Waals surface area contributed by atoms with Crippen LogP contribution < -0.4 is 9.47 Å². The molecule has 1 aromatic rings. The van der Waals surface area contributed by atoms with Crippen LogP contribution in [0.5, 0.6) is 11.5 Å². The van der Waals surface area contributed by atoms with E-state index in [1.54, 1.807) is 21.3 Å². The van der Waals surface area contributed by atoms with Gasteiger partial charge in [-0.05, 0) is 23.8 Å². The Morgan fingerprint density at radius 3 is 2.60 bits per heavy atom. The summed E-state index contributed by atoms with van der Waals surface area (Å²) in [4.78, 5) is 14.9. The van der Waals surface area contributed by atoms with Crippen LogP contribution in [0, 0.1) is 16.7 Å². The van der Waals surface area contributed by atoms with Crippen LogP contribution in [0.3, 0.4) is 0 Å². The van der Waals surface area contributed by atoms with Crippen LogP contribution in [-0.4, -0.2) is 51.8 Å². The number of nitrogens with zero attached hydrogens (tertiary/aromatic N) is 1. The Bertz CT molecular complexity index is 657. The van der Waals surface area contributed by atoms with Crippen molar-refractivity contribution in [3.05, 3.63) is 23.8 Å². The summed E-state index contributed by atoms with van der Waals surface area (Å²) in [6, 6.07) is 5.61. The lowest BCUT2D eigenvalue weighted by Crippen LogP contribution is -2.55. The van der Waals surface area contributed by atoms with Crippen LogP contribution in [0.1, 0.15) is 25.8 Å². The Hall–Kier alpha value is -1.75. The van der Waals surface area contributed by atoms with Gasteiger partial charge in [0.05, 0.1) is 27.2 Å². The predicted octanol–water partition coefficient (Wildman–Crippen LogP) is 2.77. The molecule has 1 aliphatic carbocycles. The van der Waals surface area contributed by atoms with E-state index in [4.69, 9.17) is 14.2 Å².